The highest BCUT2D eigenvalue weighted by molar-refractivity contribution is 6.34. The monoisotopic (exact) mass is 270 g/mol. The third-order valence-corrected chi connectivity index (χ3v) is 2.73. The fraction of sp³-hybridized carbons (Fsp3) is 0.333. The van der Waals surface area contributed by atoms with Gasteiger partial charge in [0.2, 0.25) is 0 Å². The highest BCUT2D eigenvalue weighted by atomic mass is 35.5. The van der Waals surface area contributed by atoms with Gasteiger partial charge in [-0.1, -0.05) is 11.6 Å². The lowest BCUT2D eigenvalue weighted by molar-refractivity contribution is -0.138. The lowest BCUT2D eigenvalue weighted by atomic mass is 10.1. The average Bonchev–Trinajstić information content (AvgIpc) is 2.24. The molecule has 0 radical (unpaired) electrons. The van der Waals surface area contributed by atoms with Crippen LogP contribution < -0.4 is 5.73 Å². The molecule has 0 aliphatic rings. The Kier molecular flexibility index (Phi) is 4.55. The number of rotatable bonds is 4. The number of amides is 1. The van der Waals surface area contributed by atoms with Crippen LogP contribution in [0.2, 0.25) is 5.02 Å². The first-order chi connectivity index (χ1) is 8.32. The highest BCUT2D eigenvalue weighted by Crippen LogP contribution is 2.21. The van der Waals surface area contributed by atoms with Crippen LogP contribution in [-0.4, -0.2) is 34.5 Å². The molecule has 0 saturated carbocycles. The van der Waals surface area contributed by atoms with Gasteiger partial charge in [-0.15, -0.1) is 0 Å². The third kappa shape index (κ3) is 3.37. The summed E-state index contributed by atoms with van der Waals surface area (Å²) >= 11 is 5.93. The molecular formula is C12H15ClN2O3. The van der Waals surface area contributed by atoms with Crippen molar-refractivity contribution in [2.45, 2.75) is 19.9 Å². The molecule has 18 heavy (non-hydrogen) atoms. The van der Waals surface area contributed by atoms with E-state index in [1.165, 1.54) is 17.0 Å². The Labute approximate surface area is 110 Å². The molecule has 0 atom stereocenters. The van der Waals surface area contributed by atoms with Gasteiger partial charge in [0, 0.05) is 11.7 Å². The molecule has 1 aromatic rings. The number of nitrogen functional groups attached to an aromatic ring is 1. The minimum atomic E-state index is -1.07. The van der Waals surface area contributed by atoms with Crippen molar-refractivity contribution in [1.82, 2.24) is 4.90 Å². The van der Waals surface area contributed by atoms with Gasteiger partial charge in [0.1, 0.15) is 6.54 Å². The zero-order chi connectivity index (χ0) is 13.9. The van der Waals surface area contributed by atoms with Crippen LogP contribution in [0.5, 0.6) is 0 Å². The minimum Gasteiger partial charge on any atom is -0.480 e. The number of benzene rings is 1. The van der Waals surface area contributed by atoms with Gasteiger partial charge < -0.3 is 15.7 Å². The van der Waals surface area contributed by atoms with Crippen molar-refractivity contribution in [2.75, 3.05) is 12.3 Å². The van der Waals surface area contributed by atoms with E-state index in [1.807, 2.05) is 0 Å². The van der Waals surface area contributed by atoms with Crippen molar-refractivity contribution in [3.8, 4) is 0 Å². The van der Waals surface area contributed by atoms with E-state index < -0.39 is 11.9 Å². The van der Waals surface area contributed by atoms with Crippen LogP contribution in [0.15, 0.2) is 18.2 Å². The van der Waals surface area contributed by atoms with Crippen molar-refractivity contribution in [3.05, 3.63) is 28.8 Å². The molecular weight excluding hydrogens is 256 g/mol. The quantitative estimate of drug-likeness (QED) is 0.818. The minimum absolute atomic E-state index is 0.219. The van der Waals surface area contributed by atoms with E-state index >= 15 is 0 Å². The van der Waals surface area contributed by atoms with Crippen molar-refractivity contribution in [2.24, 2.45) is 0 Å². The largest absolute Gasteiger partial charge is 0.480 e. The average molecular weight is 271 g/mol. The molecule has 98 valence electrons. The van der Waals surface area contributed by atoms with Gasteiger partial charge in [-0.3, -0.25) is 9.59 Å². The lowest BCUT2D eigenvalue weighted by Crippen LogP contribution is -2.40. The Morgan fingerprint density at radius 2 is 2.06 bits per heavy atom. The van der Waals surface area contributed by atoms with Crippen molar-refractivity contribution < 1.29 is 14.7 Å². The molecule has 0 saturated heterocycles. The molecule has 6 heteroatoms. The van der Waals surface area contributed by atoms with E-state index in [9.17, 15) is 9.59 Å². The molecule has 0 spiro atoms. The van der Waals surface area contributed by atoms with Gasteiger partial charge >= 0.3 is 5.97 Å². The van der Waals surface area contributed by atoms with Crippen molar-refractivity contribution in [1.29, 1.82) is 0 Å². The van der Waals surface area contributed by atoms with Crippen LogP contribution in [0.4, 0.5) is 5.69 Å². The number of nitrogens with two attached hydrogens (primary N) is 1. The Bertz CT molecular complexity index is 474. The summed E-state index contributed by atoms with van der Waals surface area (Å²) < 4.78 is 0. The van der Waals surface area contributed by atoms with Crippen molar-refractivity contribution in [3.63, 3.8) is 0 Å². The summed E-state index contributed by atoms with van der Waals surface area (Å²) in [6.07, 6.45) is 0. The number of anilines is 1. The van der Waals surface area contributed by atoms with Crippen LogP contribution in [0.3, 0.4) is 0 Å². The second-order valence-corrected chi connectivity index (χ2v) is 4.57. The van der Waals surface area contributed by atoms with Gasteiger partial charge in [-0.05, 0) is 32.0 Å². The van der Waals surface area contributed by atoms with E-state index in [0.29, 0.717) is 5.69 Å². The molecule has 0 aromatic heterocycles. The summed E-state index contributed by atoms with van der Waals surface area (Å²) in [6, 6.07) is 4.28. The number of halogens is 1. The summed E-state index contributed by atoms with van der Waals surface area (Å²) in [5.74, 6) is -1.49. The maximum Gasteiger partial charge on any atom is 0.323 e. The summed E-state index contributed by atoms with van der Waals surface area (Å²) in [6.45, 7) is 3.12. The Morgan fingerprint density at radius 3 is 2.50 bits per heavy atom. The second-order valence-electron chi connectivity index (χ2n) is 4.16. The van der Waals surface area contributed by atoms with E-state index in [0.717, 1.165) is 0 Å². The molecule has 1 rings (SSSR count). The number of carbonyl (C=O) groups is 2. The molecule has 0 heterocycles. The van der Waals surface area contributed by atoms with Gasteiger partial charge in [-0.2, -0.15) is 0 Å². The standard InChI is InChI=1S/C12H15ClN2O3/c1-7(2)15(6-11(16)17)12(18)9-4-3-8(14)5-10(9)13/h3-5,7H,6,14H2,1-2H3,(H,16,17). The lowest BCUT2D eigenvalue weighted by Gasteiger charge is -2.25. The molecule has 0 unspecified atom stereocenters. The summed E-state index contributed by atoms with van der Waals surface area (Å²) in [7, 11) is 0. The number of hydrogen-bond acceptors (Lipinski definition) is 3. The van der Waals surface area contributed by atoms with Crippen LogP contribution in [0.1, 0.15) is 24.2 Å². The van der Waals surface area contributed by atoms with Crippen LogP contribution in [0, 0.1) is 0 Å². The fourth-order valence-corrected chi connectivity index (χ4v) is 1.76. The number of nitrogens with zero attached hydrogens (tertiary/aromatic N) is 1. The molecule has 0 aliphatic heterocycles. The summed E-state index contributed by atoms with van der Waals surface area (Å²) in [4.78, 5) is 24.2. The van der Waals surface area contributed by atoms with E-state index in [2.05, 4.69) is 0 Å². The topological polar surface area (TPSA) is 83.6 Å². The van der Waals surface area contributed by atoms with E-state index in [-0.39, 0.29) is 23.2 Å². The maximum atomic E-state index is 12.2. The molecule has 3 N–H and O–H groups in total. The zero-order valence-electron chi connectivity index (χ0n) is 10.2. The first kappa shape index (κ1) is 14.3. The molecule has 0 aliphatic carbocycles. The third-order valence-electron chi connectivity index (χ3n) is 2.41. The van der Waals surface area contributed by atoms with E-state index in [4.69, 9.17) is 22.4 Å². The normalized spacial score (nSPS) is 10.4. The Morgan fingerprint density at radius 1 is 1.44 bits per heavy atom. The van der Waals surface area contributed by atoms with Crippen LogP contribution in [0.25, 0.3) is 0 Å². The summed E-state index contributed by atoms with van der Waals surface area (Å²) in [5.41, 5.74) is 6.24. The Hall–Kier alpha value is -1.75. The molecule has 0 fully saturated rings. The van der Waals surface area contributed by atoms with Gasteiger partial charge in [0.05, 0.1) is 10.6 Å². The number of hydrogen-bond donors (Lipinski definition) is 2. The first-order valence-corrected chi connectivity index (χ1v) is 5.78. The van der Waals surface area contributed by atoms with Gasteiger partial charge in [0.15, 0.2) is 0 Å². The smallest absolute Gasteiger partial charge is 0.323 e. The predicted octanol–water partition coefficient (Wildman–Crippen LogP) is 1.86. The van der Waals surface area contributed by atoms with Crippen LogP contribution >= 0.6 is 11.6 Å². The summed E-state index contributed by atoms with van der Waals surface area (Å²) in [5, 5.41) is 9.01. The SMILES string of the molecule is CC(C)N(CC(=O)O)C(=O)c1ccc(N)cc1Cl. The second kappa shape index (κ2) is 5.73. The number of carboxylic acids is 1. The zero-order valence-corrected chi connectivity index (χ0v) is 10.9. The molecule has 1 amide bonds. The fourth-order valence-electron chi connectivity index (χ4n) is 1.49. The Balaban J connectivity index is 3.05. The molecule has 0 bridgehead atoms. The van der Waals surface area contributed by atoms with Gasteiger partial charge in [-0.25, -0.2) is 0 Å². The number of carbonyl (C=O) groups excluding carboxylic acids is 1. The van der Waals surface area contributed by atoms with Gasteiger partial charge in [0.25, 0.3) is 5.91 Å². The highest BCUT2D eigenvalue weighted by Gasteiger charge is 2.23. The predicted molar refractivity (Wildman–Crippen MR) is 69.7 cm³/mol. The molecule has 5 nitrogen and oxygen atoms in total. The van der Waals surface area contributed by atoms with E-state index in [1.54, 1.807) is 19.9 Å². The molecule has 1 aromatic carbocycles. The number of carboxylic acid groups (broad SMARTS) is 1. The first-order valence-electron chi connectivity index (χ1n) is 5.40. The maximum absolute atomic E-state index is 12.2. The van der Waals surface area contributed by atoms with Crippen molar-refractivity contribution >= 4 is 29.2 Å². The van der Waals surface area contributed by atoms with Crippen LogP contribution in [-0.2, 0) is 4.79 Å². The number of aliphatic carboxylic acids is 1.